The molecular formula is C16H21N5O5S3. The van der Waals surface area contributed by atoms with Crippen LogP contribution in [-0.2, 0) is 14.8 Å². The molecule has 1 atom stereocenters. The van der Waals surface area contributed by atoms with Crippen molar-refractivity contribution < 1.29 is 18.1 Å². The molecule has 2 rings (SSSR count). The lowest BCUT2D eigenvalue weighted by molar-refractivity contribution is -0.384. The highest BCUT2D eigenvalue weighted by Gasteiger charge is 2.31. The van der Waals surface area contributed by atoms with E-state index >= 15 is 0 Å². The van der Waals surface area contributed by atoms with Gasteiger partial charge < -0.3 is 0 Å². The van der Waals surface area contributed by atoms with Crippen LogP contribution in [0.3, 0.4) is 0 Å². The van der Waals surface area contributed by atoms with E-state index in [1.807, 2.05) is 6.92 Å². The summed E-state index contributed by atoms with van der Waals surface area (Å²) in [5, 5.41) is 21.8. The smallest absolute Gasteiger partial charge is 0.271 e. The zero-order valence-electron chi connectivity index (χ0n) is 16.3. The van der Waals surface area contributed by atoms with Crippen molar-refractivity contribution in [3.8, 4) is 0 Å². The van der Waals surface area contributed by atoms with Crippen LogP contribution < -0.4 is 9.62 Å². The van der Waals surface area contributed by atoms with Crippen LogP contribution in [0.15, 0.2) is 22.5 Å². The number of aryl methyl sites for hydroxylation is 1. The number of hydrogen-bond acceptors (Lipinski definition) is 9. The van der Waals surface area contributed by atoms with E-state index in [-0.39, 0.29) is 16.5 Å². The number of benzene rings is 1. The topological polar surface area (TPSA) is 135 Å². The molecule has 0 fully saturated rings. The number of anilines is 2. The number of aromatic nitrogens is 2. The van der Waals surface area contributed by atoms with Crippen molar-refractivity contribution in [3.63, 3.8) is 0 Å². The lowest BCUT2D eigenvalue weighted by atomic mass is 10.1. The Labute approximate surface area is 176 Å². The Morgan fingerprint density at radius 2 is 2.10 bits per heavy atom. The van der Waals surface area contributed by atoms with Crippen molar-refractivity contribution in [3.05, 3.63) is 33.9 Å². The maximum absolute atomic E-state index is 12.7. The van der Waals surface area contributed by atoms with Gasteiger partial charge in [0.05, 0.1) is 16.9 Å². The van der Waals surface area contributed by atoms with Gasteiger partial charge in [-0.15, -0.1) is 10.2 Å². The van der Waals surface area contributed by atoms with Gasteiger partial charge in [0.25, 0.3) is 5.69 Å². The van der Waals surface area contributed by atoms with Crippen LogP contribution in [0.2, 0.25) is 0 Å². The van der Waals surface area contributed by atoms with E-state index in [0.717, 1.165) is 28.8 Å². The number of thioether (sulfide) groups is 1. The Bertz CT molecular complexity index is 1010. The second kappa shape index (κ2) is 9.50. The lowest BCUT2D eigenvalue weighted by Crippen LogP contribution is -2.45. The molecule has 13 heteroatoms. The predicted molar refractivity (Wildman–Crippen MR) is 114 cm³/mol. The molecule has 0 unspecified atom stereocenters. The van der Waals surface area contributed by atoms with Crippen LogP contribution >= 0.6 is 23.1 Å². The van der Waals surface area contributed by atoms with E-state index in [1.54, 1.807) is 6.92 Å². The minimum Gasteiger partial charge on any atom is -0.299 e. The fourth-order valence-electron chi connectivity index (χ4n) is 2.45. The van der Waals surface area contributed by atoms with Gasteiger partial charge in [-0.05, 0) is 25.8 Å². The number of carbonyl (C=O) groups excluding carboxylic acids is 1. The van der Waals surface area contributed by atoms with E-state index in [0.29, 0.717) is 9.90 Å². The van der Waals surface area contributed by atoms with E-state index in [2.05, 4.69) is 15.5 Å². The Hall–Kier alpha value is -2.25. The average Bonchev–Trinajstić information content (AvgIpc) is 3.07. The zero-order chi connectivity index (χ0) is 21.8. The summed E-state index contributed by atoms with van der Waals surface area (Å²) in [6.07, 6.45) is 1.91. The fourth-order valence-corrected chi connectivity index (χ4v) is 5.35. The molecule has 0 aliphatic rings. The van der Waals surface area contributed by atoms with Gasteiger partial charge >= 0.3 is 0 Å². The number of amides is 1. The van der Waals surface area contributed by atoms with E-state index in [9.17, 15) is 23.3 Å². The van der Waals surface area contributed by atoms with Gasteiger partial charge in [-0.1, -0.05) is 36.1 Å². The van der Waals surface area contributed by atoms with Gasteiger partial charge in [-0.25, -0.2) is 8.42 Å². The van der Waals surface area contributed by atoms with Crippen molar-refractivity contribution in [2.24, 2.45) is 0 Å². The van der Waals surface area contributed by atoms with Crippen LogP contribution in [0.5, 0.6) is 0 Å². The van der Waals surface area contributed by atoms with E-state index < -0.39 is 26.9 Å². The minimum absolute atomic E-state index is 0.0702. The van der Waals surface area contributed by atoms with Crippen LogP contribution in [-0.4, -0.2) is 47.5 Å². The van der Waals surface area contributed by atoms with Gasteiger partial charge in [0.2, 0.25) is 21.1 Å². The Balaban J connectivity index is 2.31. The van der Waals surface area contributed by atoms with Gasteiger partial charge in [0, 0.05) is 17.9 Å². The monoisotopic (exact) mass is 459 g/mol. The Morgan fingerprint density at radius 3 is 2.69 bits per heavy atom. The van der Waals surface area contributed by atoms with Crippen LogP contribution in [0.1, 0.15) is 25.8 Å². The molecule has 0 saturated carbocycles. The molecule has 0 radical (unpaired) electrons. The number of non-ortho nitro benzene ring substituents is 1. The summed E-state index contributed by atoms with van der Waals surface area (Å²) in [6, 6.07) is 2.70. The molecule has 1 amide bonds. The Kier molecular flexibility index (Phi) is 7.54. The fraction of sp³-hybridized carbons (Fsp3) is 0.438. The van der Waals surface area contributed by atoms with E-state index in [1.165, 1.54) is 42.2 Å². The average molecular weight is 460 g/mol. The first-order chi connectivity index (χ1) is 13.5. The summed E-state index contributed by atoms with van der Waals surface area (Å²) in [7, 11) is -3.91. The molecule has 1 aromatic carbocycles. The molecule has 1 heterocycles. The molecule has 1 aromatic heterocycles. The third-order valence-electron chi connectivity index (χ3n) is 3.80. The SMILES string of the molecule is CCCSc1nnc(NC(=O)[C@H](C)N(c2cc([N+](=O)[O-])ccc2C)S(C)(=O)=O)s1. The first-order valence-electron chi connectivity index (χ1n) is 8.56. The highest BCUT2D eigenvalue weighted by molar-refractivity contribution is 8.01. The van der Waals surface area contributed by atoms with E-state index in [4.69, 9.17) is 0 Å². The lowest BCUT2D eigenvalue weighted by Gasteiger charge is -2.29. The summed E-state index contributed by atoms with van der Waals surface area (Å²) in [4.78, 5) is 23.2. The minimum atomic E-state index is -3.91. The Morgan fingerprint density at radius 1 is 1.41 bits per heavy atom. The quantitative estimate of drug-likeness (QED) is 0.262. The normalized spacial score (nSPS) is 12.4. The molecule has 0 aliphatic carbocycles. The van der Waals surface area contributed by atoms with Crippen molar-refractivity contribution in [2.75, 3.05) is 21.6 Å². The molecule has 1 N–H and O–H groups in total. The molecule has 29 heavy (non-hydrogen) atoms. The third-order valence-corrected chi connectivity index (χ3v) is 7.20. The standard InChI is InChI=1S/C16H21N5O5S3/c1-5-8-27-16-19-18-15(28-16)17-14(22)11(3)20(29(4,25)26)13-9-12(21(23)24)7-6-10(13)2/h6-7,9,11H,5,8H2,1-4H3,(H,17,18,22)/t11-/m0/s1. The summed E-state index contributed by atoms with van der Waals surface area (Å²) in [5.74, 6) is 0.247. The number of rotatable bonds is 9. The highest BCUT2D eigenvalue weighted by Crippen LogP contribution is 2.30. The number of carbonyl (C=O) groups is 1. The first kappa shape index (κ1) is 23.0. The van der Waals surface area contributed by atoms with Crippen molar-refractivity contribution in [2.45, 2.75) is 37.6 Å². The number of nitrogens with one attached hydrogen (secondary N) is 1. The largest absolute Gasteiger partial charge is 0.299 e. The molecule has 10 nitrogen and oxygen atoms in total. The molecule has 0 bridgehead atoms. The summed E-state index contributed by atoms with van der Waals surface area (Å²) in [5.41, 5.74) is 0.282. The summed E-state index contributed by atoms with van der Waals surface area (Å²) >= 11 is 2.71. The molecule has 0 saturated heterocycles. The number of nitrogens with zero attached hydrogens (tertiary/aromatic N) is 4. The van der Waals surface area contributed by atoms with Gasteiger partial charge in [0.1, 0.15) is 6.04 Å². The van der Waals surface area contributed by atoms with Gasteiger partial charge in [-0.3, -0.25) is 24.5 Å². The highest BCUT2D eigenvalue weighted by atomic mass is 32.2. The second-order valence-electron chi connectivity index (χ2n) is 6.17. The predicted octanol–water partition coefficient (Wildman–Crippen LogP) is 3.05. The maximum Gasteiger partial charge on any atom is 0.271 e. The molecular weight excluding hydrogens is 438 g/mol. The van der Waals surface area contributed by atoms with Crippen LogP contribution in [0.25, 0.3) is 0 Å². The molecule has 0 spiro atoms. The zero-order valence-corrected chi connectivity index (χ0v) is 18.7. The second-order valence-corrected chi connectivity index (χ2v) is 10.4. The number of sulfonamides is 1. The molecule has 158 valence electrons. The number of nitro groups is 1. The van der Waals surface area contributed by atoms with Crippen molar-refractivity contribution >= 4 is 55.5 Å². The van der Waals surface area contributed by atoms with Crippen LogP contribution in [0.4, 0.5) is 16.5 Å². The van der Waals surface area contributed by atoms with Gasteiger partial charge in [0.15, 0.2) is 4.34 Å². The van der Waals surface area contributed by atoms with Crippen LogP contribution in [0, 0.1) is 17.0 Å². The van der Waals surface area contributed by atoms with Crippen molar-refractivity contribution in [1.82, 2.24) is 10.2 Å². The number of hydrogen-bond donors (Lipinski definition) is 1. The maximum atomic E-state index is 12.7. The van der Waals surface area contributed by atoms with Crippen molar-refractivity contribution in [1.29, 1.82) is 0 Å². The first-order valence-corrected chi connectivity index (χ1v) is 12.2. The number of nitro benzene ring substituents is 1. The summed E-state index contributed by atoms with van der Waals surface area (Å²) in [6.45, 7) is 5.06. The molecule has 0 aliphatic heterocycles. The summed E-state index contributed by atoms with van der Waals surface area (Å²) < 4.78 is 26.4. The third kappa shape index (κ3) is 5.87. The molecule has 2 aromatic rings. The van der Waals surface area contributed by atoms with Gasteiger partial charge in [-0.2, -0.15) is 0 Å².